The second-order valence-corrected chi connectivity index (χ2v) is 6.04. The quantitative estimate of drug-likeness (QED) is 0.840. The Balaban J connectivity index is 2.38. The molecule has 0 atom stereocenters. The first kappa shape index (κ1) is 14.7. The zero-order valence-electron chi connectivity index (χ0n) is 11.7. The van der Waals surface area contributed by atoms with E-state index in [-0.39, 0.29) is 0 Å². The molecule has 1 aliphatic rings. The van der Waals surface area contributed by atoms with E-state index in [4.69, 9.17) is 15.2 Å². The lowest BCUT2D eigenvalue weighted by molar-refractivity contribution is 0.168. The first-order chi connectivity index (χ1) is 9.15. The fourth-order valence-corrected chi connectivity index (χ4v) is 3.11. The van der Waals surface area contributed by atoms with Crippen LogP contribution in [-0.4, -0.2) is 19.8 Å². The monoisotopic (exact) mass is 327 g/mol. The normalized spacial score (nSPS) is 13.9. The van der Waals surface area contributed by atoms with Crippen LogP contribution in [-0.2, 0) is 6.42 Å². The summed E-state index contributed by atoms with van der Waals surface area (Å²) in [6, 6.07) is 2.18. The number of hydrogen-bond acceptors (Lipinski definition) is 3. The number of benzene rings is 1. The average molecular weight is 328 g/mol. The molecule has 0 aliphatic carbocycles. The minimum Gasteiger partial charge on any atom is -0.486 e. The number of fused-ring (bicyclic) bond motifs is 1. The van der Waals surface area contributed by atoms with Crippen molar-refractivity contribution in [3.05, 3.63) is 21.7 Å². The van der Waals surface area contributed by atoms with Crippen molar-refractivity contribution in [3.63, 3.8) is 0 Å². The van der Waals surface area contributed by atoms with Gasteiger partial charge in [-0.15, -0.1) is 0 Å². The van der Waals surface area contributed by atoms with E-state index in [0.717, 1.165) is 41.8 Å². The van der Waals surface area contributed by atoms with E-state index in [2.05, 4.69) is 35.8 Å². The van der Waals surface area contributed by atoms with Gasteiger partial charge in [0.05, 0.1) is 4.47 Å². The molecule has 0 fully saturated rings. The Morgan fingerprint density at radius 2 is 1.89 bits per heavy atom. The SMILES string of the molecule is CC(C)c1c(CCCCN)cc(Br)c2c1OCCO2. The van der Waals surface area contributed by atoms with Gasteiger partial charge in [-0.05, 0) is 59.3 Å². The van der Waals surface area contributed by atoms with Gasteiger partial charge in [-0.3, -0.25) is 0 Å². The molecule has 1 aromatic carbocycles. The fraction of sp³-hybridized carbons (Fsp3) is 0.600. The van der Waals surface area contributed by atoms with Crippen molar-refractivity contribution in [2.75, 3.05) is 19.8 Å². The van der Waals surface area contributed by atoms with Crippen LogP contribution < -0.4 is 15.2 Å². The van der Waals surface area contributed by atoms with Crippen molar-refractivity contribution in [2.24, 2.45) is 5.73 Å². The highest BCUT2D eigenvalue weighted by Gasteiger charge is 2.24. The van der Waals surface area contributed by atoms with Crippen LogP contribution in [0, 0.1) is 0 Å². The molecule has 0 saturated carbocycles. The number of rotatable bonds is 5. The Morgan fingerprint density at radius 3 is 2.53 bits per heavy atom. The van der Waals surface area contributed by atoms with Gasteiger partial charge in [-0.1, -0.05) is 13.8 Å². The van der Waals surface area contributed by atoms with Crippen LogP contribution in [0.3, 0.4) is 0 Å². The molecular formula is C15H22BrNO2. The van der Waals surface area contributed by atoms with Gasteiger partial charge in [-0.25, -0.2) is 0 Å². The maximum atomic E-state index is 5.86. The van der Waals surface area contributed by atoms with Gasteiger partial charge in [0.25, 0.3) is 0 Å². The summed E-state index contributed by atoms with van der Waals surface area (Å²) in [4.78, 5) is 0. The fourth-order valence-electron chi connectivity index (χ4n) is 2.54. The molecule has 0 unspecified atom stereocenters. The highest BCUT2D eigenvalue weighted by atomic mass is 79.9. The molecule has 4 heteroatoms. The third-order valence-electron chi connectivity index (χ3n) is 3.37. The van der Waals surface area contributed by atoms with E-state index >= 15 is 0 Å². The van der Waals surface area contributed by atoms with Crippen LogP contribution in [0.5, 0.6) is 11.5 Å². The van der Waals surface area contributed by atoms with E-state index < -0.39 is 0 Å². The molecule has 1 aliphatic heterocycles. The van der Waals surface area contributed by atoms with Gasteiger partial charge in [-0.2, -0.15) is 0 Å². The maximum absolute atomic E-state index is 5.86. The summed E-state index contributed by atoms with van der Waals surface area (Å²) in [7, 11) is 0. The maximum Gasteiger partial charge on any atom is 0.175 e. The number of ether oxygens (including phenoxy) is 2. The molecule has 0 spiro atoms. The molecule has 2 rings (SSSR count). The van der Waals surface area contributed by atoms with Gasteiger partial charge < -0.3 is 15.2 Å². The highest BCUT2D eigenvalue weighted by Crippen LogP contribution is 2.45. The summed E-state index contributed by atoms with van der Waals surface area (Å²) in [6.07, 6.45) is 3.21. The van der Waals surface area contributed by atoms with Gasteiger partial charge in [0, 0.05) is 5.56 Å². The first-order valence-corrected chi connectivity index (χ1v) is 7.75. The Morgan fingerprint density at radius 1 is 1.21 bits per heavy atom. The molecule has 0 saturated heterocycles. The summed E-state index contributed by atoms with van der Waals surface area (Å²) in [5.74, 6) is 2.22. The zero-order valence-corrected chi connectivity index (χ0v) is 13.3. The van der Waals surface area contributed by atoms with Crippen LogP contribution in [0.2, 0.25) is 0 Å². The van der Waals surface area contributed by atoms with Crippen LogP contribution in [0.1, 0.15) is 43.7 Å². The van der Waals surface area contributed by atoms with Crippen molar-refractivity contribution in [1.82, 2.24) is 0 Å². The Labute approximate surface area is 123 Å². The summed E-state index contributed by atoms with van der Waals surface area (Å²) in [5, 5.41) is 0. The van der Waals surface area contributed by atoms with Gasteiger partial charge >= 0.3 is 0 Å². The van der Waals surface area contributed by atoms with Gasteiger partial charge in [0.15, 0.2) is 11.5 Å². The Kier molecular flexibility index (Phi) is 5.11. The lowest BCUT2D eigenvalue weighted by atomic mass is 9.92. The lowest BCUT2D eigenvalue weighted by Crippen LogP contribution is -2.18. The minimum atomic E-state index is 0.427. The minimum absolute atomic E-state index is 0.427. The number of hydrogen-bond donors (Lipinski definition) is 1. The number of unbranched alkanes of at least 4 members (excludes halogenated alkanes) is 1. The number of nitrogens with two attached hydrogens (primary N) is 1. The molecule has 1 aromatic rings. The van der Waals surface area contributed by atoms with Crippen molar-refractivity contribution in [2.45, 2.75) is 39.0 Å². The van der Waals surface area contributed by atoms with Crippen molar-refractivity contribution in [1.29, 1.82) is 0 Å². The first-order valence-electron chi connectivity index (χ1n) is 6.96. The molecule has 2 N–H and O–H groups in total. The summed E-state index contributed by atoms with van der Waals surface area (Å²) >= 11 is 3.60. The molecular weight excluding hydrogens is 306 g/mol. The summed E-state index contributed by atoms with van der Waals surface area (Å²) < 4.78 is 12.6. The third-order valence-corrected chi connectivity index (χ3v) is 3.96. The number of halogens is 1. The van der Waals surface area contributed by atoms with Crippen LogP contribution >= 0.6 is 15.9 Å². The molecule has 0 radical (unpaired) electrons. The molecule has 0 aromatic heterocycles. The van der Waals surface area contributed by atoms with E-state index in [9.17, 15) is 0 Å². The predicted octanol–water partition coefficient (Wildman–Crippen LogP) is 3.63. The van der Waals surface area contributed by atoms with Crippen molar-refractivity contribution >= 4 is 15.9 Å². The Hall–Kier alpha value is -0.740. The standard InChI is InChI=1S/C15H22BrNO2/c1-10(2)13-11(5-3-4-6-17)9-12(16)14-15(13)19-8-7-18-14/h9-10H,3-8,17H2,1-2H3. The molecule has 3 nitrogen and oxygen atoms in total. The summed E-state index contributed by atoms with van der Waals surface area (Å²) in [5.41, 5.74) is 8.21. The topological polar surface area (TPSA) is 44.5 Å². The molecule has 1 heterocycles. The molecule has 106 valence electrons. The van der Waals surface area contributed by atoms with E-state index in [1.54, 1.807) is 0 Å². The largest absolute Gasteiger partial charge is 0.486 e. The second kappa shape index (κ2) is 6.62. The Bertz CT molecular complexity index is 446. The second-order valence-electron chi connectivity index (χ2n) is 5.19. The highest BCUT2D eigenvalue weighted by molar-refractivity contribution is 9.10. The van der Waals surface area contributed by atoms with Gasteiger partial charge in [0.2, 0.25) is 0 Å². The lowest BCUT2D eigenvalue weighted by Gasteiger charge is -2.26. The van der Waals surface area contributed by atoms with Crippen LogP contribution in [0.4, 0.5) is 0 Å². The van der Waals surface area contributed by atoms with Crippen LogP contribution in [0.25, 0.3) is 0 Å². The molecule has 19 heavy (non-hydrogen) atoms. The van der Waals surface area contributed by atoms with Crippen molar-refractivity contribution < 1.29 is 9.47 Å². The smallest absolute Gasteiger partial charge is 0.175 e. The zero-order chi connectivity index (χ0) is 13.8. The summed E-state index contributed by atoms with van der Waals surface area (Å²) in [6.45, 7) is 6.41. The van der Waals surface area contributed by atoms with Gasteiger partial charge in [0.1, 0.15) is 13.2 Å². The number of aryl methyl sites for hydroxylation is 1. The van der Waals surface area contributed by atoms with Crippen molar-refractivity contribution in [3.8, 4) is 11.5 Å². The predicted molar refractivity (Wildman–Crippen MR) is 81.2 cm³/mol. The van der Waals surface area contributed by atoms with Crippen LogP contribution in [0.15, 0.2) is 10.5 Å². The molecule has 0 bridgehead atoms. The average Bonchev–Trinajstić information content (AvgIpc) is 2.39. The molecule has 0 amide bonds. The van der Waals surface area contributed by atoms with E-state index in [0.29, 0.717) is 19.1 Å². The third kappa shape index (κ3) is 3.23. The van der Waals surface area contributed by atoms with E-state index in [1.165, 1.54) is 11.1 Å². The van der Waals surface area contributed by atoms with E-state index in [1.807, 2.05) is 0 Å².